The summed E-state index contributed by atoms with van der Waals surface area (Å²) in [5.74, 6) is -4.55. The predicted molar refractivity (Wildman–Crippen MR) is 135 cm³/mol. The van der Waals surface area contributed by atoms with Gasteiger partial charge in [-0.25, -0.2) is 4.79 Å². The first-order chi connectivity index (χ1) is 18.0. The number of aliphatic hydroxyl groups excluding tert-OH is 1. The van der Waals surface area contributed by atoms with Crippen molar-refractivity contribution in [2.45, 2.75) is 69.3 Å². The molecule has 0 spiro atoms. The number of hydrogen-bond donors (Lipinski definition) is 7. The molecule has 3 amide bonds. The highest BCUT2D eigenvalue weighted by atomic mass is 16.4. The van der Waals surface area contributed by atoms with Crippen LogP contribution in [0.1, 0.15) is 38.2 Å². The van der Waals surface area contributed by atoms with E-state index in [1.807, 2.05) is 24.3 Å². The highest BCUT2D eigenvalue weighted by Gasteiger charge is 2.40. The maximum Gasteiger partial charge on any atom is 0.326 e. The van der Waals surface area contributed by atoms with Crippen LogP contribution in [-0.4, -0.2) is 91.7 Å². The third-order valence-electron chi connectivity index (χ3n) is 6.60. The van der Waals surface area contributed by atoms with Crippen LogP contribution in [0.5, 0.6) is 0 Å². The molecule has 0 radical (unpaired) electrons. The molecule has 2 aromatic rings. The van der Waals surface area contributed by atoms with E-state index in [-0.39, 0.29) is 32.2 Å². The Morgan fingerprint density at radius 2 is 1.87 bits per heavy atom. The second-order valence-corrected chi connectivity index (χ2v) is 9.42. The molecule has 0 bridgehead atoms. The fraction of sp³-hybridized carbons (Fsp3) is 0.480. The van der Waals surface area contributed by atoms with Gasteiger partial charge in [0.15, 0.2) is 0 Å². The van der Waals surface area contributed by atoms with Crippen molar-refractivity contribution in [3.05, 3.63) is 36.0 Å². The van der Waals surface area contributed by atoms with Crippen molar-refractivity contribution in [1.29, 1.82) is 0 Å². The number of likely N-dealkylation sites (tertiary alicyclic amines) is 1. The number of nitrogens with two attached hydrogens (primary N) is 1. The standard InChI is InChI=1S/C25H33N5O8/c1-13(31)21(29-22(34)16(26)8-9-20(32)33)24(36)30-10-4-7-19(30)23(35)28-18(25(37)38)11-14-12-27-17-6-3-2-5-15(14)17/h2-3,5-6,12-13,16,18-19,21,27,31H,4,7-11,26H2,1H3,(H,28,35)(H,29,34)(H,32,33)(H,37,38). The van der Waals surface area contributed by atoms with Crippen LogP contribution in [-0.2, 0) is 30.4 Å². The van der Waals surface area contributed by atoms with E-state index in [1.54, 1.807) is 6.20 Å². The largest absolute Gasteiger partial charge is 0.481 e. The molecule has 1 aromatic carbocycles. The van der Waals surface area contributed by atoms with E-state index < -0.39 is 59.9 Å². The van der Waals surface area contributed by atoms with Crippen molar-refractivity contribution in [2.75, 3.05) is 6.54 Å². The van der Waals surface area contributed by atoms with E-state index in [2.05, 4.69) is 15.6 Å². The molecular weight excluding hydrogens is 498 g/mol. The molecule has 1 fully saturated rings. The lowest BCUT2D eigenvalue weighted by atomic mass is 10.0. The van der Waals surface area contributed by atoms with Crippen LogP contribution in [0.15, 0.2) is 30.5 Å². The van der Waals surface area contributed by atoms with Gasteiger partial charge in [-0.05, 0) is 37.8 Å². The summed E-state index contributed by atoms with van der Waals surface area (Å²) in [4.78, 5) is 65.8. The second kappa shape index (κ2) is 12.5. The maximum absolute atomic E-state index is 13.3. The van der Waals surface area contributed by atoms with E-state index in [0.717, 1.165) is 10.9 Å². The number of carbonyl (C=O) groups is 5. The molecule has 13 heteroatoms. The summed E-state index contributed by atoms with van der Waals surface area (Å²) < 4.78 is 0. The van der Waals surface area contributed by atoms with E-state index in [0.29, 0.717) is 12.0 Å². The number of para-hydroxylation sites is 1. The minimum absolute atomic E-state index is 0.0202. The number of fused-ring (bicyclic) bond motifs is 1. The average molecular weight is 532 g/mol. The topological polar surface area (TPSA) is 215 Å². The maximum atomic E-state index is 13.3. The number of carbonyl (C=O) groups excluding carboxylic acids is 3. The molecule has 1 aliphatic heterocycles. The van der Waals surface area contributed by atoms with Gasteiger partial charge >= 0.3 is 11.9 Å². The van der Waals surface area contributed by atoms with Gasteiger partial charge in [0.25, 0.3) is 0 Å². The molecule has 0 aliphatic carbocycles. The minimum atomic E-state index is -1.42. The van der Waals surface area contributed by atoms with Crippen LogP contribution >= 0.6 is 0 Å². The van der Waals surface area contributed by atoms with Crippen molar-refractivity contribution in [1.82, 2.24) is 20.5 Å². The van der Waals surface area contributed by atoms with Crippen LogP contribution in [0.2, 0.25) is 0 Å². The Hall–Kier alpha value is -3.97. The first-order valence-electron chi connectivity index (χ1n) is 12.3. The third kappa shape index (κ3) is 6.86. The smallest absolute Gasteiger partial charge is 0.326 e. The molecular formula is C25H33N5O8. The summed E-state index contributed by atoms with van der Waals surface area (Å²) in [6.07, 6.45) is 0.597. The number of nitrogens with one attached hydrogen (secondary N) is 3. The Bertz CT molecular complexity index is 1200. The van der Waals surface area contributed by atoms with Gasteiger partial charge < -0.3 is 41.6 Å². The highest BCUT2D eigenvalue weighted by Crippen LogP contribution is 2.22. The van der Waals surface area contributed by atoms with Crippen molar-refractivity contribution in [3.8, 4) is 0 Å². The number of aromatic amines is 1. The lowest BCUT2D eigenvalue weighted by Gasteiger charge is -2.31. The summed E-state index contributed by atoms with van der Waals surface area (Å²) in [5, 5.41) is 34.5. The van der Waals surface area contributed by atoms with Crippen LogP contribution in [0.25, 0.3) is 10.9 Å². The van der Waals surface area contributed by atoms with Crippen molar-refractivity contribution in [2.24, 2.45) is 5.73 Å². The number of aromatic nitrogens is 1. The Kier molecular flexibility index (Phi) is 9.42. The fourth-order valence-electron chi connectivity index (χ4n) is 4.53. The highest BCUT2D eigenvalue weighted by molar-refractivity contribution is 5.95. The molecule has 2 heterocycles. The number of carboxylic acid groups (broad SMARTS) is 2. The number of rotatable bonds is 12. The third-order valence-corrected chi connectivity index (χ3v) is 6.60. The van der Waals surface area contributed by atoms with Crippen molar-refractivity contribution < 1.29 is 39.3 Å². The van der Waals surface area contributed by atoms with Gasteiger partial charge in [-0.15, -0.1) is 0 Å². The number of nitrogens with zero attached hydrogens (tertiary/aromatic N) is 1. The van der Waals surface area contributed by atoms with Crippen LogP contribution in [0, 0.1) is 0 Å². The molecule has 38 heavy (non-hydrogen) atoms. The number of aliphatic hydroxyl groups is 1. The lowest BCUT2D eigenvalue weighted by Crippen LogP contribution is -2.59. The van der Waals surface area contributed by atoms with Gasteiger partial charge in [-0.1, -0.05) is 18.2 Å². The molecule has 206 valence electrons. The fourth-order valence-corrected chi connectivity index (χ4v) is 4.53. The van der Waals surface area contributed by atoms with Crippen molar-refractivity contribution in [3.63, 3.8) is 0 Å². The average Bonchev–Trinajstić information content (AvgIpc) is 3.52. The van der Waals surface area contributed by atoms with Gasteiger partial charge in [-0.2, -0.15) is 0 Å². The van der Waals surface area contributed by atoms with Crippen LogP contribution in [0.3, 0.4) is 0 Å². The summed E-state index contributed by atoms with van der Waals surface area (Å²) >= 11 is 0. The summed E-state index contributed by atoms with van der Waals surface area (Å²) in [6, 6.07) is 2.49. The van der Waals surface area contributed by atoms with E-state index in [4.69, 9.17) is 10.8 Å². The van der Waals surface area contributed by atoms with E-state index in [1.165, 1.54) is 11.8 Å². The Labute approximate surface area is 218 Å². The van der Waals surface area contributed by atoms with Crippen LogP contribution < -0.4 is 16.4 Å². The molecule has 1 aliphatic rings. The zero-order valence-electron chi connectivity index (χ0n) is 20.9. The Morgan fingerprint density at radius 3 is 2.53 bits per heavy atom. The number of H-pyrrole nitrogens is 1. The quantitative estimate of drug-likeness (QED) is 0.184. The normalized spacial score (nSPS) is 18.4. The molecule has 1 aromatic heterocycles. The predicted octanol–water partition coefficient (Wildman–Crippen LogP) is -0.671. The SMILES string of the molecule is CC(O)C(NC(=O)C(N)CCC(=O)O)C(=O)N1CCCC1C(=O)NC(Cc1c[nH]c2ccccc12)C(=O)O. The van der Waals surface area contributed by atoms with Gasteiger partial charge in [0.05, 0.1) is 12.1 Å². The molecule has 5 atom stereocenters. The molecule has 0 saturated carbocycles. The minimum Gasteiger partial charge on any atom is -0.481 e. The van der Waals surface area contributed by atoms with Gasteiger partial charge in [-0.3, -0.25) is 19.2 Å². The van der Waals surface area contributed by atoms with Gasteiger partial charge in [0.1, 0.15) is 18.1 Å². The lowest BCUT2D eigenvalue weighted by molar-refractivity contribution is -0.146. The molecule has 8 N–H and O–H groups in total. The number of amides is 3. The summed E-state index contributed by atoms with van der Waals surface area (Å²) in [6.45, 7) is 1.46. The summed E-state index contributed by atoms with van der Waals surface area (Å²) in [7, 11) is 0. The zero-order valence-corrected chi connectivity index (χ0v) is 20.9. The number of benzene rings is 1. The second-order valence-electron chi connectivity index (χ2n) is 9.42. The number of carboxylic acids is 2. The van der Waals surface area contributed by atoms with Crippen molar-refractivity contribution >= 4 is 40.6 Å². The van der Waals surface area contributed by atoms with Crippen LogP contribution in [0.4, 0.5) is 0 Å². The molecule has 13 nitrogen and oxygen atoms in total. The molecule has 5 unspecified atom stereocenters. The number of hydrogen-bond acceptors (Lipinski definition) is 7. The van der Waals surface area contributed by atoms with Gasteiger partial charge in [0, 0.05) is 36.5 Å². The first kappa shape index (κ1) is 28.6. The monoisotopic (exact) mass is 531 g/mol. The van der Waals surface area contributed by atoms with Gasteiger partial charge in [0.2, 0.25) is 17.7 Å². The molecule has 3 rings (SSSR count). The van der Waals surface area contributed by atoms with E-state index in [9.17, 15) is 34.2 Å². The first-order valence-corrected chi connectivity index (χ1v) is 12.3. The Balaban J connectivity index is 1.69. The zero-order chi connectivity index (χ0) is 28.0. The molecule has 1 saturated heterocycles. The Morgan fingerprint density at radius 1 is 1.16 bits per heavy atom. The summed E-state index contributed by atoms with van der Waals surface area (Å²) in [5.41, 5.74) is 7.26. The van der Waals surface area contributed by atoms with E-state index >= 15 is 0 Å². The number of aliphatic carboxylic acids is 2.